The Morgan fingerprint density at radius 1 is 1.26 bits per heavy atom. The van der Waals surface area contributed by atoms with Gasteiger partial charge in [0.15, 0.2) is 5.96 Å². The molecule has 27 heavy (non-hydrogen) atoms. The first kappa shape index (κ1) is 21.1. The van der Waals surface area contributed by atoms with Crippen molar-refractivity contribution in [3.63, 3.8) is 0 Å². The summed E-state index contributed by atoms with van der Waals surface area (Å²) in [7, 11) is 0. The molecule has 0 unspecified atom stereocenters. The van der Waals surface area contributed by atoms with Crippen molar-refractivity contribution in [1.82, 2.24) is 15.5 Å². The van der Waals surface area contributed by atoms with Crippen LogP contribution in [0.2, 0.25) is 0 Å². The minimum atomic E-state index is 0.123. The summed E-state index contributed by atoms with van der Waals surface area (Å²) in [5, 5.41) is 6.51. The van der Waals surface area contributed by atoms with E-state index in [-0.39, 0.29) is 12.0 Å². The summed E-state index contributed by atoms with van der Waals surface area (Å²) in [5.41, 5.74) is 2.23. The van der Waals surface area contributed by atoms with E-state index in [9.17, 15) is 4.79 Å². The summed E-state index contributed by atoms with van der Waals surface area (Å²) in [4.78, 5) is 18.8. The van der Waals surface area contributed by atoms with E-state index in [1.807, 2.05) is 25.7 Å². The van der Waals surface area contributed by atoms with Gasteiger partial charge in [-0.25, -0.2) is 4.99 Å². The number of hydrogen-bond acceptors (Lipinski definition) is 3. The van der Waals surface area contributed by atoms with Crippen LogP contribution in [0.1, 0.15) is 51.2 Å². The topological polar surface area (TPSA) is 66.0 Å². The van der Waals surface area contributed by atoms with Gasteiger partial charge in [0.1, 0.15) is 5.75 Å². The number of aliphatic imine (C=N–C) groups is 1. The lowest BCUT2D eigenvalue weighted by molar-refractivity contribution is -0.129. The third kappa shape index (κ3) is 7.12. The molecule has 0 saturated carbocycles. The first-order valence-electron chi connectivity index (χ1n) is 10.1. The first-order chi connectivity index (χ1) is 13.0. The monoisotopic (exact) mass is 374 g/mol. The quantitative estimate of drug-likeness (QED) is 0.542. The van der Waals surface area contributed by atoms with Crippen molar-refractivity contribution in [1.29, 1.82) is 0 Å². The maximum absolute atomic E-state index is 12.2. The van der Waals surface area contributed by atoms with Crippen LogP contribution in [0, 0.1) is 6.92 Å². The van der Waals surface area contributed by atoms with Crippen LogP contribution in [-0.2, 0) is 11.3 Å². The van der Waals surface area contributed by atoms with Gasteiger partial charge in [0.05, 0.1) is 12.6 Å². The van der Waals surface area contributed by atoms with E-state index in [1.54, 1.807) is 0 Å². The van der Waals surface area contributed by atoms with E-state index >= 15 is 0 Å². The Balaban J connectivity index is 1.93. The van der Waals surface area contributed by atoms with Crippen molar-refractivity contribution in [2.24, 2.45) is 4.99 Å². The molecule has 1 aromatic rings. The smallest absolute Gasteiger partial charge is 0.224 e. The second-order valence-electron chi connectivity index (χ2n) is 7.24. The Bertz CT molecular complexity index is 637. The van der Waals surface area contributed by atoms with Gasteiger partial charge in [0, 0.05) is 38.2 Å². The van der Waals surface area contributed by atoms with Crippen molar-refractivity contribution in [2.75, 3.05) is 26.2 Å². The maximum atomic E-state index is 12.2. The molecule has 0 bridgehead atoms. The third-order valence-electron chi connectivity index (χ3n) is 4.43. The van der Waals surface area contributed by atoms with E-state index in [1.165, 1.54) is 5.56 Å². The van der Waals surface area contributed by atoms with Gasteiger partial charge < -0.3 is 20.3 Å². The van der Waals surface area contributed by atoms with Crippen LogP contribution in [0.4, 0.5) is 0 Å². The molecule has 1 aliphatic rings. The zero-order chi connectivity index (χ0) is 19.6. The van der Waals surface area contributed by atoms with Crippen molar-refractivity contribution < 1.29 is 9.53 Å². The molecule has 1 amide bonds. The predicted molar refractivity (Wildman–Crippen MR) is 110 cm³/mol. The summed E-state index contributed by atoms with van der Waals surface area (Å²) >= 11 is 0. The summed E-state index contributed by atoms with van der Waals surface area (Å²) in [6.45, 7) is 11.8. The number of amides is 1. The SMILES string of the molecule is CCNC(=NCc1ccc(C)cc1OC(C)C)NCCC(=O)N1CCCC1. The molecule has 0 atom stereocenters. The van der Waals surface area contributed by atoms with Crippen LogP contribution in [-0.4, -0.2) is 49.0 Å². The molecule has 0 aromatic heterocycles. The highest BCUT2D eigenvalue weighted by Gasteiger charge is 2.17. The summed E-state index contributed by atoms with van der Waals surface area (Å²) in [5.74, 6) is 1.83. The van der Waals surface area contributed by atoms with Gasteiger partial charge in [-0.3, -0.25) is 4.79 Å². The molecule has 2 N–H and O–H groups in total. The number of carbonyl (C=O) groups excluding carboxylic acids is 1. The lowest BCUT2D eigenvalue weighted by Gasteiger charge is -2.17. The molecule has 2 rings (SSSR count). The van der Waals surface area contributed by atoms with Crippen LogP contribution in [0.3, 0.4) is 0 Å². The molecule has 0 spiro atoms. The van der Waals surface area contributed by atoms with Crippen molar-refractivity contribution in [3.05, 3.63) is 29.3 Å². The van der Waals surface area contributed by atoms with E-state index in [2.05, 4.69) is 40.7 Å². The van der Waals surface area contributed by atoms with E-state index in [0.717, 1.165) is 49.7 Å². The van der Waals surface area contributed by atoms with Crippen LogP contribution in [0.15, 0.2) is 23.2 Å². The minimum Gasteiger partial charge on any atom is -0.491 e. The number of carbonyl (C=O) groups is 1. The average Bonchev–Trinajstić information content (AvgIpc) is 3.15. The van der Waals surface area contributed by atoms with Crippen molar-refractivity contribution in [3.8, 4) is 5.75 Å². The Labute approximate surface area is 163 Å². The third-order valence-corrected chi connectivity index (χ3v) is 4.43. The molecule has 0 radical (unpaired) electrons. The van der Waals surface area contributed by atoms with E-state index in [0.29, 0.717) is 19.5 Å². The van der Waals surface area contributed by atoms with Crippen molar-refractivity contribution >= 4 is 11.9 Å². The molecule has 150 valence electrons. The number of aryl methyl sites for hydroxylation is 1. The first-order valence-corrected chi connectivity index (χ1v) is 10.1. The molecule has 6 heteroatoms. The molecular weight excluding hydrogens is 340 g/mol. The van der Waals surface area contributed by atoms with Gasteiger partial charge in [0.2, 0.25) is 5.91 Å². The van der Waals surface area contributed by atoms with Gasteiger partial charge in [-0.15, -0.1) is 0 Å². The van der Waals surface area contributed by atoms with Crippen LogP contribution < -0.4 is 15.4 Å². The fraction of sp³-hybridized carbons (Fsp3) is 0.619. The summed E-state index contributed by atoms with van der Waals surface area (Å²) in [6, 6.07) is 6.20. The average molecular weight is 375 g/mol. The molecule has 1 aromatic carbocycles. The fourth-order valence-electron chi connectivity index (χ4n) is 3.07. The van der Waals surface area contributed by atoms with Crippen LogP contribution in [0.25, 0.3) is 0 Å². The lowest BCUT2D eigenvalue weighted by atomic mass is 10.1. The Morgan fingerprint density at radius 3 is 2.67 bits per heavy atom. The number of likely N-dealkylation sites (tertiary alicyclic amines) is 1. The van der Waals surface area contributed by atoms with E-state index in [4.69, 9.17) is 4.74 Å². The Kier molecular flexibility index (Phi) is 8.43. The maximum Gasteiger partial charge on any atom is 0.224 e. The number of ether oxygens (including phenoxy) is 1. The van der Waals surface area contributed by atoms with E-state index < -0.39 is 0 Å². The fourth-order valence-corrected chi connectivity index (χ4v) is 3.07. The van der Waals surface area contributed by atoms with Gasteiger partial charge in [-0.05, 0) is 52.2 Å². The molecule has 1 heterocycles. The highest BCUT2D eigenvalue weighted by Crippen LogP contribution is 2.22. The largest absolute Gasteiger partial charge is 0.491 e. The Morgan fingerprint density at radius 2 is 2.00 bits per heavy atom. The Hall–Kier alpha value is -2.24. The number of guanidine groups is 1. The predicted octanol–water partition coefficient (Wildman–Crippen LogP) is 2.85. The standard InChI is InChI=1S/C21H34N4O2/c1-5-22-21(23-11-10-20(26)25-12-6-7-13-25)24-15-18-9-8-17(4)14-19(18)27-16(2)3/h8-9,14,16H,5-7,10-13,15H2,1-4H3,(H2,22,23,24). The number of rotatable bonds is 8. The molecular formula is C21H34N4O2. The zero-order valence-electron chi connectivity index (χ0n) is 17.2. The van der Waals surface area contributed by atoms with Crippen LogP contribution >= 0.6 is 0 Å². The second-order valence-corrected chi connectivity index (χ2v) is 7.24. The molecule has 1 aliphatic heterocycles. The van der Waals surface area contributed by atoms with Gasteiger partial charge >= 0.3 is 0 Å². The normalized spacial score (nSPS) is 14.6. The van der Waals surface area contributed by atoms with Gasteiger partial charge in [-0.2, -0.15) is 0 Å². The molecule has 0 aliphatic carbocycles. The number of nitrogens with one attached hydrogen (secondary N) is 2. The zero-order valence-corrected chi connectivity index (χ0v) is 17.2. The second kappa shape index (κ2) is 10.8. The highest BCUT2D eigenvalue weighted by atomic mass is 16.5. The van der Waals surface area contributed by atoms with Gasteiger partial charge in [-0.1, -0.05) is 12.1 Å². The molecule has 1 fully saturated rings. The van der Waals surface area contributed by atoms with Crippen LogP contribution in [0.5, 0.6) is 5.75 Å². The van der Waals surface area contributed by atoms with Crippen molar-refractivity contribution in [2.45, 2.75) is 59.6 Å². The minimum absolute atomic E-state index is 0.123. The number of nitrogens with zero attached hydrogens (tertiary/aromatic N) is 2. The number of hydrogen-bond donors (Lipinski definition) is 2. The molecule has 6 nitrogen and oxygen atoms in total. The lowest BCUT2D eigenvalue weighted by Crippen LogP contribution is -2.39. The van der Waals surface area contributed by atoms with Gasteiger partial charge in [0.25, 0.3) is 0 Å². The summed E-state index contributed by atoms with van der Waals surface area (Å²) < 4.78 is 5.93. The highest BCUT2D eigenvalue weighted by molar-refractivity contribution is 5.81. The summed E-state index contributed by atoms with van der Waals surface area (Å²) in [6.07, 6.45) is 2.87. The molecule has 1 saturated heterocycles. The number of benzene rings is 1.